The molecule has 1 atom stereocenters. The fourth-order valence-electron chi connectivity index (χ4n) is 2.03. The van der Waals surface area contributed by atoms with E-state index in [-0.39, 0.29) is 11.9 Å². The number of carbonyl (C=O) groups is 1. The minimum atomic E-state index is -0.337. The van der Waals surface area contributed by atoms with Crippen molar-refractivity contribution in [3.63, 3.8) is 0 Å². The first-order valence-corrected chi connectivity index (χ1v) is 7.45. The number of rotatable bonds is 1. The third kappa shape index (κ3) is 2.08. The van der Waals surface area contributed by atoms with Gasteiger partial charge in [0.15, 0.2) is 5.82 Å². The molecule has 0 aliphatic carbocycles. The third-order valence-corrected chi connectivity index (χ3v) is 5.87. The summed E-state index contributed by atoms with van der Waals surface area (Å²) in [4.78, 5) is 12.8. The van der Waals surface area contributed by atoms with Gasteiger partial charge in [0.25, 0.3) is 0 Å². The molecule has 0 bridgehead atoms. The second kappa shape index (κ2) is 4.97. The van der Waals surface area contributed by atoms with Crippen molar-refractivity contribution >= 4 is 59.9 Å². The number of benzene rings is 1. The Hall–Kier alpha value is 0.0600. The number of halogens is 4. The van der Waals surface area contributed by atoms with Crippen molar-refractivity contribution in [2.75, 3.05) is 4.90 Å². The van der Waals surface area contributed by atoms with Crippen LogP contribution in [0.2, 0.25) is 0 Å². The minimum Gasteiger partial charge on any atom is -0.311 e. The van der Waals surface area contributed by atoms with E-state index in [2.05, 4.69) is 47.8 Å². The summed E-state index contributed by atoms with van der Waals surface area (Å²) in [6.07, 6.45) is 2.38. The molecule has 0 saturated heterocycles. The zero-order chi connectivity index (χ0) is 12.7. The lowest BCUT2D eigenvalue weighted by atomic mass is 9.97. The first-order valence-electron chi connectivity index (χ1n) is 5.07. The van der Waals surface area contributed by atoms with Gasteiger partial charge in [-0.25, -0.2) is 4.39 Å². The average Bonchev–Trinajstić information content (AvgIpc) is 2.33. The van der Waals surface area contributed by atoms with Gasteiger partial charge >= 0.3 is 0 Å². The summed E-state index contributed by atoms with van der Waals surface area (Å²) in [7, 11) is 0. The highest BCUT2D eigenvalue weighted by molar-refractivity contribution is 9.13. The van der Waals surface area contributed by atoms with Gasteiger partial charge in [0.1, 0.15) is 0 Å². The number of hydrogen-bond acceptors (Lipinski definition) is 1. The molecule has 0 radical (unpaired) electrons. The summed E-state index contributed by atoms with van der Waals surface area (Å²) < 4.78 is 15.2. The standard InChI is InChI=1S/C11H9Br3FNO/c1-5-2-3-6-7(12)10(15)8(13)9(14)11(6)16(5)4-17/h4-5H,2-3H2,1H3. The SMILES string of the molecule is CC1CCc2c(Br)c(F)c(Br)c(Br)c2N1C=O. The molecule has 0 fully saturated rings. The summed E-state index contributed by atoms with van der Waals surface area (Å²) in [5.74, 6) is -0.337. The Kier molecular flexibility index (Phi) is 3.95. The van der Waals surface area contributed by atoms with E-state index in [0.29, 0.717) is 13.4 Å². The van der Waals surface area contributed by atoms with Crippen LogP contribution in [0.15, 0.2) is 13.4 Å². The van der Waals surface area contributed by atoms with E-state index in [1.165, 1.54) is 0 Å². The van der Waals surface area contributed by atoms with Crippen molar-refractivity contribution < 1.29 is 9.18 Å². The second-order valence-electron chi connectivity index (χ2n) is 3.98. The Morgan fingerprint density at radius 2 is 1.94 bits per heavy atom. The maximum absolute atomic E-state index is 13.9. The molecule has 2 nitrogen and oxygen atoms in total. The highest BCUT2D eigenvalue weighted by Gasteiger charge is 2.30. The van der Waals surface area contributed by atoms with Gasteiger partial charge in [0.2, 0.25) is 6.41 Å². The molecular formula is C11H9Br3FNO. The smallest absolute Gasteiger partial charge is 0.214 e. The van der Waals surface area contributed by atoms with E-state index >= 15 is 0 Å². The maximum Gasteiger partial charge on any atom is 0.214 e. The lowest BCUT2D eigenvalue weighted by Crippen LogP contribution is -2.36. The molecule has 1 heterocycles. The summed E-state index contributed by atoms with van der Waals surface area (Å²) in [6, 6.07) is 0.126. The molecule has 1 aliphatic rings. The van der Waals surface area contributed by atoms with Crippen LogP contribution in [0, 0.1) is 5.82 Å². The fourth-order valence-corrected chi connectivity index (χ4v) is 3.89. The van der Waals surface area contributed by atoms with E-state index in [4.69, 9.17) is 0 Å². The molecule has 1 aromatic carbocycles. The highest BCUT2D eigenvalue weighted by atomic mass is 79.9. The lowest BCUT2D eigenvalue weighted by Gasteiger charge is -2.34. The van der Waals surface area contributed by atoms with Crippen LogP contribution >= 0.6 is 47.8 Å². The Morgan fingerprint density at radius 3 is 2.53 bits per heavy atom. The van der Waals surface area contributed by atoms with Crippen molar-refractivity contribution in [2.24, 2.45) is 0 Å². The quantitative estimate of drug-likeness (QED) is 0.368. The normalized spacial score (nSPS) is 19.1. The predicted molar refractivity (Wildman–Crippen MR) is 75.8 cm³/mol. The molecule has 0 N–H and O–H groups in total. The maximum atomic E-state index is 13.9. The zero-order valence-electron chi connectivity index (χ0n) is 8.94. The summed E-state index contributed by atoms with van der Waals surface area (Å²) in [6.45, 7) is 1.98. The van der Waals surface area contributed by atoms with Gasteiger partial charge in [0, 0.05) is 6.04 Å². The Bertz CT molecular complexity index is 492. The minimum absolute atomic E-state index is 0.126. The van der Waals surface area contributed by atoms with E-state index in [1.54, 1.807) is 4.90 Å². The van der Waals surface area contributed by atoms with Crippen LogP contribution < -0.4 is 4.90 Å². The Balaban J connectivity index is 2.75. The predicted octanol–water partition coefficient (Wildman–Crippen LogP) is 4.41. The van der Waals surface area contributed by atoms with Gasteiger partial charge in [-0.2, -0.15) is 0 Å². The summed E-state index contributed by atoms with van der Waals surface area (Å²) >= 11 is 9.80. The van der Waals surface area contributed by atoms with Crippen LogP contribution in [0.3, 0.4) is 0 Å². The van der Waals surface area contributed by atoms with Crippen LogP contribution in [0.25, 0.3) is 0 Å². The monoisotopic (exact) mass is 427 g/mol. The van der Waals surface area contributed by atoms with E-state index in [9.17, 15) is 9.18 Å². The molecule has 1 aliphatic heterocycles. The van der Waals surface area contributed by atoms with E-state index in [1.807, 2.05) is 6.92 Å². The van der Waals surface area contributed by atoms with Crippen LogP contribution in [0.4, 0.5) is 10.1 Å². The van der Waals surface area contributed by atoms with Gasteiger partial charge < -0.3 is 4.90 Å². The molecular weight excluding hydrogens is 421 g/mol. The third-order valence-electron chi connectivity index (χ3n) is 3.00. The average molecular weight is 430 g/mol. The van der Waals surface area contributed by atoms with Crippen molar-refractivity contribution in [1.29, 1.82) is 0 Å². The number of nitrogens with zero attached hydrogens (tertiary/aromatic N) is 1. The van der Waals surface area contributed by atoms with Gasteiger partial charge in [-0.05, 0) is 73.1 Å². The van der Waals surface area contributed by atoms with Crippen molar-refractivity contribution in [2.45, 2.75) is 25.8 Å². The molecule has 0 saturated carbocycles. The second-order valence-corrected chi connectivity index (χ2v) is 6.36. The molecule has 1 aromatic rings. The van der Waals surface area contributed by atoms with Gasteiger partial charge in [-0.3, -0.25) is 4.79 Å². The molecule has 1 amide bonds. The largest absolute Gasteiger partial charge is 0.311 e. The Morgan fingerprint density at radius 1 is 1.29 bits per heavy atom. The number of carbonyl (C=O) groups excluding carboxylic acids is 1. The molecule has 92 valence electrons. The van der Waals surface area contributed by atoms with E-state index < -0.39 is 0 Å². The van der Waals surface area contributed by atoms with Crippen LogP contribution in [-0.4, -0.2) is 12.5 Å². The van der Waals surface area contributed by atoms with Crippen molar-refractivity contribution in [3.8, 4) is 0 Å². The molecule has 2 rings (SSSR count). The van der Waals surface area contributed by atoms with Gasteiger partial charge in [0.05, 0.1) is 19.1 Å². The molecule has 6 heteroatoms. The van der Waals surface area contributed by atoms with E-state index in [0.717, 1.165) is 30.5 Å². The molecule has 17 heavy (non-hydrogen) atoms. The van der Waals surface area contributed by atoms with Gasteiger partial charge in [-0.1, -0.05) is 0 Å². The number of amides is 1. The van der Waals surface area contributed by atoms with Gasteiger partial charge in [-0.15, -0.1) is 0 Å². The summed E-state index contributed by atoms with van der Waals surface area (Å²) in [5.41, 5.74) is 1.58. The van der Waals surface area contributed by atoms with Crippen LogP contribution in [-0.2, 0) is 11.2 Å². The Labute approximate surface area is 124 Å². The van der Waals surface area contributed by atoms with Crippen molar-refractivity contribution in [3.05, 3.63) is 24.8 Å². The highest BCUT2D eigenvalue weighted by Crippen LogP contribution is 2.45. The number of hydrogen-bond donors (Lipinski definition) is 0. The summed E-state index contributed by atoms with van der Waals surface area (Å²) in [5, 5.41) is 0. The topological polar surface area (TPSA) is 20.3 Å². The fraction of sp³-hybridized carbons (Fsp3) is 0.364. The van der Waals surface area contributed by atoms with Crippen LogP contribution in [0.1, 0.15) is 18.9 Å². The number of fused-ring (bicyclic) bond motifs is 1. The van der Waals surface area contributed by atoms with Crippen molar-refractivity contribution in [1.82, 2.24) is 0 Å². The zero-order valence-corrected chi connectivity index (χ0v) is 13.7. The number of anilines is 1. The molecule has 1 unspecified atom stereocenters. The molecule has 0 spiro atoms. The molecule has 0 aromatic heterocycles. The van der Waals surface area contributed by atoms with Crippen LogP contribution in [0.5, 0.6) is 0 Å². The first-order chi connectivity index (χ1) is 7.99. The first kappa shape index (κ1) is 13.5. The lowest BCUT2D eigenvalue weighted by molar-refractivity contribution is -0.107.